The van der Waals surface area contributed by atoms with E-state index in [1.165, 1.54) is 0 Å². The van der Waals surface area contributed by atoms with Crippen molar-refractivity contribution in [3.05, 3.63) is 95.6 Å². The van der Waals surface area contributed by atoms with Gasteiger partial charge in [0.1, 0.15) is 23.5 Å². The molecule has 0 saturated carbocycles. The number of benzene rings is 3. The minimum Gasteiger partial charge on any atom is -0.497 e. The lowest BCUT2D eigenvalue weighted by atomic mass is 9.81. The van der Waals surface area contributed by atoms with Crippen molar-refractivity contribution in [3.63, 3.8) is 0 Å². The first kappa shape index (κ1) is 17.0. The summed E-state index contributed by atoms with van der Waals surface area (Å²) in [5.74, 6) is -0.189. The van der Waals surface area contributed by atoms with Crippen LogP contribution >= 0.6 is 0 Å². The molecule has 3 aromatic carbocycles. The SMILES string of the molecule is COc1ccc(C2Oc3ccccc3C(=O)C2C(=O)c2ccccc2)cc1. The van der Waals surface area contributed by atoms with Crippen LogP contribution in [-0.4, -0.2) is 18.7 Å². The van der Waals surface area contributed by atoms with Crippen molar-refractivity contribution >= 4 is 11.6 Å². The standard InChI is InChI=1S/C23H18O4/c1-26-17-13-11-16(12-14-17)23-20(21(24)15-7-3-2-4-8-15)22(25)18-9-5-6-10-19(18)27-23/h2-14,20,23H,1H3. The van der Waals surface area contributed by atoms with Gasteiger partial charge < -0.3 is 9.47 Å². The number of hydrogen-bond acceptors (Lipinski definition) is 4. The average molecular weight is 358 g/mol. The number of carbonyl (C=O) groups is 2. The van der Waals surface area contributed by atoms with Gasteiger partial charge in [0.2, 0.25) is 0 Å². The summed E-state index contributed by atoms with van der Waals surface area (Å²) in [6.07, 6.45) is -0.689. The molecule has 0 saturated heterocycles. The number of hydrogen-bond donors (Lipinski definition) is 0. The van der Waals surface area contributed by atoms with Crippen LogP contribution < -0.4 is 9.47 Å². The van der Waals surface area contributed by atoms with Crippen molar-refractivity contribution < 1.29 is 19.1 Å². The van der Waals surface area contributed by atoms with E-state index in [0.717, 1.165) is 5.56 Å². The molecule has 0 amide bonds. The van der Waals surface area contributed by atoms with Gasteiger partial charge in [-0.05, 0) is 29.8 Å². The lowest BCUT2D eigenvalue weighted by Crippen LogP contribution is -2.37. The van der Waals surface area contributed by atoms with E-state index in [9.17, 15) is 9.59 Å². The number of ketones is 2. The second-order valence-corrected chi connectivity index (χ2v) is 6.38. The topological polar surface area (TPSA) is 52.6 Å². The summed E-state index contributed by atoms with van der Waals surface area (Å²) in [5.41, 5.74) is 1.70. The maximum Gasteiger partial charge on any atom is 0.181 e. The third-order valence-electron chi connectivity index (χ3n) is 4.78. The molecule has 4 rings (SSSR count). The number of rotatable bonds is 4. The largest absolute Gasteiger partial charge is 0.497 e. The first-order chi connectivity index (χ1) is 13.2. The van der Waals surface area contributed by atoms with Crippen molar-refractivity contribution in [1.29, 1.82) is 0 Å². The Bertz CT molecular complexity index is 977. The van der Waals surface area contributed by atoms with Crippen LogP contribution in [0.15, 0.2) is 78.9 Å². The average Bonchev–Trinajstić information content (AvgIpc) is 2.74. The third kappa shape index (κ3) is 3.10. The molecule has 0 N–H and O–H groups in total. The normalized spacial score (nSPS) is 18.3. The zero-order valence-corrected chi connectivity index (χ0v) is 14.8. The van der Waals surface area contributed by atoms with Gasteiger partial charge in [-0.2, -0.15) is 0 Å². The van der Waals surface area contributed by atoms with E-state index in [2.05, 4.69) is 0 Å². The number of fused-ring (bicyclic) bond motifs is 1. The number of para-hydroxylation sites is 1. The fraction of sp³-hybridized carbons (Fsp3) is 0.130. The van der Waals surface area contributed by atoms with E-state index in [1.807, 2.05) is 24.3 Å². The van der Waals surface area contributed by atoms with Crippen LogP contribution in [0.4, 0.5) is 0 Å². The highest BCUT2D eigenvalue weighted by Gasteiger charge is 2.43. The molecule has 0 fully saturated rings. The number of methoxy groups -OCH3 is 1. The fourth-order valence-electron chi connectivity index (χ4n) is 3.38. The zero-order chi connectivity index (χ0) is 18.8. The molecule has 0 bridgehead atoms. The molecule has 3 aromatic rings. The Morgan fingerprint density at radius 3 is 2.26 bits per heavy atom. The minimum atomic E-state index is -0.935. The molecule has 0 aromatic heterocycles. The van der Waals surface area contributed by atoms with Gasteiger partial charge in [0.05, 0.1) is 12.7 Å². The summed E-state index contributed by atoms with van der Waals surface area (Å²) >= 11 is 0. The van der Waals surface area contributed by atoms with E-state index in [4.69, 9.17) is 9.47 Å². The maximum atomic E-state index is 13.2. The second-order valence-electron chi connectivity index (χ2n) is 6.38. The van der Waals surface area contributed by atoms with Crippen LogP contribution in [0, 0.1) is 5.92 Å². The van der Waals surface area contributed by atoms with Crippen LogP contribution in [0.25, 0.3) is 0 Å². The highest BCUT2D eigenvalue weighted by molar-refractivity contribution is 6.18. The quantitative estimate of drug-likeness (QED) is 0.509. The van der Waals surface area contributed by atoms with E-state index in [-0.39, 0.29) is 11.6 Å². The lowest BCUT2D eigenvalue weighted by molar-refractivity contribution is 0.0570. The van der Waals surface area contributed by atoms with Gasteiger partial charge in [0.25, 0.3) is 0 Å². The Morgan fingerprint density at radius 1 is 0.889 bits per heavy atom. The molecular weight excluding hydrogens is 340 g/mol. The molecule has 4 heteroatoms. The molecule has 0 aliphatic carbocycles. The van der Waals surface area contributed by atoms with Crippen LogP contribution in [0.1, 0.15) is 32.4 Å². The molecule has 2 unspecified atom stereocenters. The predicted octanol–water partition coefficient (Wildman–Crippen LogP) is 4.51. The van der Waals surface area contributed by atoms with Crippen molar-refractivity contribution in [2.45, 2.75) is 6.10 Å². The molecule has 27 heavy (non-hydrogen) atoms. The van der Waals surface area contributed by atoms with Gasteiger partial charge >= 0.3 is 0 Å². The molecule has 0 spiro atoms. The van der Waals surface area contributed by atoms with Crippen molar-refractivity contribution in [2.75, 3.05) is 7.11 Å². The highest BCUT2D eigenvalue weighted by Crippen LogP contribution is 2.40. The van der Waals surface area contributed by atoms with Crippen LogP contribution in [0.2, 0.25) is 0 Å². The smallest absolute Gasteiger partial charge is 0.181 e. The molecule has 1 heterocycles. The summed E-state index contributed by atoms with van der Waals surface area (Å²) < 4.78 is 11.3. The van der Waals surface area contributed by atoms with E-state index < -0.39 is 12.0 Å². The molecule has 4 nitrogen and oxygen atoms in total. The molecule has 0 radical (unpaired) electrons. The van der Waals surface area contributed by atoms with Gasteiger partial charge in [-0.1, -0.05) is 54.6 Å². The van der Waals surface area contributed by atoms with Crippen molar-refractivity contribution in [3.8, 4) is 11.5 Å². The molecule has 134 valence electrons. The summed E-state index contributed by atoms with van der Waals surface area (Å²) in [6, 6.07) is 23.2. The van der Waals surface area contributed by atoms with E-state index >= 15 is 0 Å². The van der Waals surface area contributed by atoms with E-state index in [0.29, 0.717) is 22.6 Å². The Labute approximate surface area is 157 Å². The number of ether oxygens (including phenoxy) is 2. The lowest BCUT2D eigenvalue weighted by Gasteiger charge is -2.32. The fourth-order valence-corrected chi connectivity index (χ4v) is 3.38. The maximum absolute atomic E-state index is 13.2. The Hall–Kier alpha value is -3.40. The van der Waals surface area contributed by atoms with Crippen LogP contribution in [-0.2, 0) is 0 Å². The number of carbonyl (C=O) groups excluding carboxylic acids is 2. The second kappa shape index (κ2) is 7.08. The summed E-state index contributed by atoms with van der Waals surface area (Å²) in [6.45, 7) is 0. The summed E-state index contributed by atoms with van der Waals surface area (Å²) in [7, 11) is 1.59. The number of Topliss-reactive ketones (excluding diaryl/α,β-unsaturated/α-hetero) is 2. The zero-order valence-electron chi connectivity index (χ0n) is 14.8. The van der Waals surface area contributed by atoms with Crippen molar-refractivity contribution in [2.24, 2.45) is 5.92 Å². The van der Waals surface area contributed by atoms with E-state index in [1.54, 1.807) is 61.7 Å². The van der Waals surface area contributed by atoms with Crippen LogP contribution in [0.5, 0.6) is 11.5 Å². The molecule has 1 aliphatic heterocycles. The summed E-state index contributed by atoms with van der Waals surface area (Å²) in [4.78, 5) is 26.4. The van der Waals surface area contributed by atoms with Gasteiger partial charge in [-0.25, -0.2) is 0 Å². The first-order valence-corrected chi connectivity index (χ1v) is 8.72. The van der Waals surface area contributed by atoms with Gasteiger partial charge in [-0.15, -0.1) is 0 Å². The first-order valence-electron chi connectivity index (χ1n) is 8.72. The van der Waals surface area contributed by atoms with Gasteiger partial charge in [-0.3, -0.25) is 9.59 Å². The Balaban J connectivity index is 1.80. The summed E-state index contributed by atoms with van der Waals surface area (Å²) in [5, 5.41) is 0. The molecular formula is C23H18O4. The highest BCUT2D eigenvalue weighted by atomic mass is 16.5. The Kier molecular flexibility index (Phi) is 4.47. The van der Waals surface area contributed by atoms with Gasteiger partial charge in [0, 0.05) is 5.56 Å². The van der Waals surface area contributed by atoms with Gasteiger partial charge in [0.15, 0.2) is 11.6 Å². The van der Waals surface area contributed by atoms with Crippen LogP contribution in [0.3, 0.4) is 0 Å². The predicted molar refractivity (Wildman–Crippen MR) is 101 cm³/mol. The Morgan fingerprint density at radius 2 is 1.56 bits per heavy atom. The minimum absolute atomic E-state index is 0.216. The molecule has 2 atom stereocenters. The monoisotopic (exact) mass is 358 g/mol. The van der Waals surface area contributed by atoms with Crippen molar-refractivity contribution in [1.82, 2.24) is 0 Å². The molecule has 1 aliphatic rings. The third-order valence-corrected chi connectivity index (χ3v) is 4.78.